The summed E-state index contributed by atoms with van der Waals surface area (Å²) in [5.41, 5.74) is 11.8. The topological polar surface area (TPSA) is 9.86 Å². The number of aromatic nitrogens is 2. The third kappa shape index (κ3) is 4.49. The van der Waals surface area contributed by atoms with Crippen molar-refractivity contribution in [2.45, 2.75) is 6.42 Å². The van der Waals surface area contributed by atoms with E-state index >= 15 is 0 Å². The van der Waals surface area contributed by atoms with Gasteiger partial charge in [-0.3, -0.25) is 0 Å². The van der Waals surface area contributed by atoms with E-state index in [1.165, 1.54) is 65.9 Å². The van der Waals surface area contributed by atoms with Crippen LogP contribution in [0.4, 0.5) is 0 Å². The van der Waals surface area contributed by atoms with Gasteiger partial charge in [-0.1, -0.05) is 128 Å². The summed E-state index contributed by atoms with van der Waals surface area (Å²) >= 11 is 0. The lowest BCUT2D eigenvalue weighted by Crippen LogP contribution is -1.99. The van der Waals surface area contributed by atoms with Gasteiger partial charge in [-0.15, -0.1) is 0 Å². The predicted octanol–water partition coefficient (Wildman–Crippen LogP) is 11.8. The van der Waals surface area contributed by atoms with E-state index in [0.29, 0.717) is 0 Å². The number of hydrogen-bond acceptors (Lipinski definition) is 0. The molecular weight excluding hydrogens is 569 g/mol. The van der Waals surface area contributed by atoms with Crippen LogP contribution in [0, 0.1) is 0 Å². The fourth-order valence-corrected chi connectivity index (χ4v) is 7.31. The molecule has 0 fully saturated rings. The van der Waals surface area contributed by atoms with Gasteiger partial charge >= 0.3 is 0 Å². The number of benzene rings is 6. The van der Waals surface area contributed by atoms with Gasteiger partial charge in [0.15, 0.2) is 0 Å². The second-order valence-corrected chi connectivity index (χ2v) is 12.2. The van der Waals surface area contributed by atoms with E-state index in [4.69, 9.17) is 0 Å². The van der Waals surface area contributed by atoms with Crippen molar-refractivity contribution in [3.8, 4) is 22.5 Å². The standard InChI is InChI=1S/C45H32N2/c1-31-12-4-2-7-18-39-42(27-20-31)47(44-28-23-34-15-8-9-16-37(34)45(39)44)36-26-29-43-40(30-36)38-17-10-11-19-41(38)46(43)35-24-21-33(22-25-35)32-13-5-3-6-14-32/h2-17,19-30H,1,18H2/b7-2-,12-4-,27-20?. The largest absolute Gasteiger partial charge is 0.310 e. The molecule has 0 atom stereocenters. The van der Waals surface area contributed by atoms with Crippen molar-refractivity contribution in [3.05, 3.63) is 187 Å². The van der Waals surface area contributed by atoms with Gasteiger partial charge in [0.05, 0.1) is 22.2 Å². The van der Waals surface area contributed by atoms with Crippen molar-refractivity contribution >= 4 is 49.6 Å². The summed E-state index contributed by atoms with van der Waals surface area (Å²) in [6, 6.07) is 48.5. The van der Waals surface area contributed by atoms with E-state index < -0.39 is 0 Å². The van der Waals surface area contributed by atoms with E-state index in [1.54, 1.807) is 0 Å². The van der Waals surface area contributed by atoms with Gasteiger partial charge in [-0.2, -0.15) is 0 Å². The summed E-state index contributed by atoms with van der Waals surface area (Å²) in [5, 5.41) is 6.32. The summed E-state index contributed by atoms with van der Waals surface area (Å²) in [6.45, 7) is 4.28. The molecule has 6 aromatic carbocycles. The Hall–Kier alpha value is -6.12. The van der Waals surface area contributed by atoms with E-state index in [1.807, 2.05) is 0 Å². The number of nitrogens with zero attached hydrogens (tertiary/aromatic N) is 2. The van der Waals surface area contributed by atoms with Crippen LogP contribution in [0.25, 0.3) is 72.1 Å². The van der Waals surface area contributed by atoms with E-state index in [2.05, 4.69) is 186 Å². The van der Waals surface area contributed by atoms with Gasteiger partial charge in [-0.25, -0.2) is 0 Å². The molecule has 9 rings (SSSR count). The van der Waals surface area contributed by atoms with Crippen molar-refractivity contribution in [2.24, 2.45) is 0 Å². The van der Waals surface area contributed by atoms with Crippen molar-refractivity contribution in [1.29, 1.82) is 0 Å². The third-order valence-electron chi connectivity index (χ3n) is 9.48. The molecule has 8 aromatic rings. The fourth-order valence-electron chi connectivity index (χ4n) is 7.31. The van der Waals surface area contributed by atoms with E-state index in [9.17, 15) is 0 Å². The molecule has 0 radical (unpaired) electrons. The molecule has 222 valence electrons. The molecule has 0 saturated heterocycles. The Balaban J connectivity index is 1.29. The lowest BCUT2D eigenvalue weighted by atomic mass is 10.00. The smallest absolute Gasteiger partial charge is 0.0544 e. The van der Waals surface area contributed by atoms with Gasteiger partial charge < -0.3 is 9.13 Å². The quantitative estimate of drug-likeness (QED) is 0.191. The number of allylic oxidation sites excluding steroid dienone is 6. The molecule has 0 bridgehead atoms. The molecule has 0 aliphatic heterocycles. The van der Waals surface area contributed by atoms with Crippen molar-refractivity contribution in [1.82, 2.24) is 9.13 Å². The zero-order valence-corrected chi connectivity index (χ0v) is 26.0. The second-order valence-electron chi connectivity index (χ2n) is 12.2. The lowest BCUT2D eigenvalue weighted by molar-refractivity contribution is 1.09. The Morgan fingerprint density at radius 1 is 0.489 bits per heavy atom. The highest BCUT2D eigenvalue weighted by Gasteiger charge is 2.20. The van der Waals surface area contributed by atoms with Crippen molar-refractivity contribution in [2.75, 3.05) is 0 Å². The second kappa shape index (κ2) is 11.0. The van der Waals surface area contributed by atoms with Crippen LogP contribution in [-0.2, 0) is 6.42 Å². The number of para-hydroxylation sites is 1. The number of hydrogen-bond donors (Lipinski definition) is 0. The maximum Gasteiger partial charge on any atom is 0.0544 e. The molecule has 0 unspecified atom stereocenters. The van der Waals surface area contributed by atoms with Crippen LogP contribution >= 0.6 is 0 Å². The van der Waals surface area contributed by atoms with Crippen LogP contribution in [0.5, 0.6) is 0 Å². The molecule has 0 saturated carbocycles. The zero-order chi connectivity index (χ0) is 31.3. The van der Waals surface area contributed by atoms with Gasteiger partial charge in [0, 0.05) is 27.5 Å². The molecule has 2 heteroatoms. The predicted molar refractivity (Wildman–Crippen MR) is 201 cm³/mol. The lowest BCUT2D eigenvalue weighted by Gasteiger charge is -2.12. The van der Waals surface area contributed by atoms with Crippen LogP contribution in [-0.4, -0.2) is 9.13 Å². The normalized spacial score (nSPS) is 14.6. The fraction of sp³-hybridized carbons (Fsp3) is 0.0222. The third-order valence-corrected chi connectivity index (χ3v) is 9.48. The summed E-state index contributed by atoms with van der Waals surface area (Å²) in [6.07, 6.45) is 13.8. The minimum atomic E-state index is 0.842. The van der Waals surface area contributed by atoms with Crippen LogP contribution in [0.15, 0.2) is 176 Å². The molecular formula is C45H32N2. The first kappa shape index (κ1) is 27.2. The SMILES string of the molecule is C=C1C=Cc2c(c3c4ccccc4ccc3n2-c2ccc3c(c2)c2ccccc2n3-c2ccc(-c3ccccc3)cc2)C/C=C\C=C/1. The molecule has 1 aliphatic carbocycles. The first-order valence-electron chi connectivity index (χ1n) is 16.2. The average Bonchev–Trinajstić information content (AvgIpc) is 3.63. The average molecular weight is 601 g/mol. The molecule has 0 amide bonds. The van der Waals surface area contributed by atoms with Crippen LogP contribution in [0.1, 0.15) is 11.3 Å². The maximum absolute atomic E-state index is 4.28. The Morgan fingerprint density at radius 3 is 2.06 bits per heavy atom. The van der Waals surface area contributed by atoms with Gasteiger partial charge in [0.25, 0.3) is 0 Å². The summed E-state index contributed by atoms with van der Waals surface area (Å²) in [4.78, 5) is 0. The highest BCUT2D eigenvalue weighted by molar-refractivity contribution is 6.12. The minimum absolute atomic E-state index is 0.842. The van der Waals surface area contributed by atoms with Crippen LogP contribution in [0.2, 0.25) is 0 Å². The molecule has 2 nitrogen and oxygen atoms in total. The highest BCUT2D eigenvalue weighted by Crippen LogP contribution is 2.39. The van der Waals surface area contributed by atoms with E-state index in [0.717, 1.165) is 23.4 Å². The first-order chi connectivity index (χ1) is 23.2. The molecule has 2 heterocycles. The summed E-state index contributed by atoms with van der Waals surface area (Å²) in [7, 11) is 0. The Bertz CT molecular complexity index is 2590. The summed E-state index contributed by atoms with van der Waals surface area (Å²) < 4.78 is 4.84. The molecule has 0 N–H and O–H groups in total. The molecule has 47 heavy (non-hydrogen) atoms. The number of fused-ring (bicyclic) bond motifs is 8. The maximum atomic E-state index is 4.28. The Labute approximate surface area is 274 Å². The monoisotopic (exact) mass is 600 g/mol. The Kier molecular flexibility index (Phi) is 6.39. The highest BCUT2D eigenvalue weighted by atomic mass is 15.0. The van der Waals surface area contributed by atoms with Gasteiger partial charge in [0.1, 0.15) is 0 Å². The Morgan fingerprint density at radius 2 is 1.19 bits per heavy atom. The molecule has 2 aromatic heterocycles. The molecule has 1 aliphatic rings. The van der Waals surface area contributed by atoms with Gasteiger partial charge in [-0.05, 0) is 88.0 Å². The zero-order valence-electron chi connectivity index (χ0n) is 26.0. The number of rotatable bonds is 3. The van der Waals surface area contributed by atoms with Gasteiger partial charge in [0.2, 0.25) is 0 Å². The van der Waals surface area contributed by atoms with Crippen molar-refractivity contribution in [3.63, 3.8) is 0 Å². The molecule has 0 spiro atoms. The summed E-state index contributed by atoms with van der Waals surface area (Å²) in [5.74, 6) is 0. The first-order valence-corrected chi connectivity index (χ1v) is 16.2. The van der Waals surface area contributed by atoms with E-state index in [-0.39, 0.29) is 0 Å². The van der Waals surface area contributed by atoms with Crippen molar-refractivity contribution < 1.29 is 0 Å². The van der Waals surface area contributed by atoms with Crippen LogP contribution < -0.4 is 0 Å². The van der Waals surface area contributed by atoms with Crippen LogP contribution in [0.3, 0.4) is 0 Å². The minimum Gasteiger partial charge on any atom is -0.310 e.